The summed E-state index contributed by atoms with van der Waals surface area (Å²) in [5.41, 5.74) is 4.46. The largest absolute Gasteiger partial charge is 0.508 e. The second kappa shape index (κ2) is 55.2. The van der Waals surface area contributed by atoms with Crippen molar-refractivity contribution in [1.82, 2.24) is 100.0 Å². The van der Waals surface area contributed by atoms with E-state index in [0.29, 0.717) is 87.5 Å². The van der Waals surface area contributed by atoms with Gasteiger partial charge in [0, 0.05) is 202 Å². The summed E-state index contributed by atoms with van der Waals surface area (Å²) in [5.74, 6) is -15.6. The molecule has 4 aromatic heterocycles. The number of aryl methyl sites for hydroxylation is 2. The van der Waals surface area contributed by atoms with Gasteiger partial charge in [0.25, 0.3) is 0 Å². The fourth-order valence-electron chi connectivity index (χ4n) is 18.8. The quantitative estimate of drug-likeness (QED) is 0.0243. The first-order valence-corrected chi connectivity index (χ1v) is 50.0. The number of carboxylic acids is 7. The molecule has 150 heavy (non-hydrogen) atoms. The number of aromatic nitrogens is 8. The highest BCUT2D eigenvalue weighted by Crippen LogP contribution is 2.42. The number of carbonyl (C=O) groups is 15. The van der Waals surface area contributed by atoms with Gasteiger partial charge < -0.3 is 127 Å². The Hall–Kier alpha value is -15.1. The van der Waals surface area contributed by atoms with E-state index in [1.807, 2.05) is 76.5 Å². The van der Waals surface area contributed by atoms with Crippen molar-refractivity contribution in [2.75, 3.05) is 138 Å². The van der Waals surface area contributed by atoms with Crippen molar-refractivity contribution in [3.8, 4) is 69.2 Å². The number of carboxylic acid groups (broad SMARTS) is 7. The van der Waals surface area contributed by atoms with Crippen LogP contribution in [0.2, 0.25) is 0 Å². The lowest BCUT2D eigenvalue weighted by molar-refractivity contribution is -0.145. The second-order valence-corrected chi connectivity index (χ2v) is 38.4. The molecule has 50 heteroatoms. The maximum Gasteiger partial charge on any atom is 0.320 e. The number of nitrogens with one attached hydrogen (secondary N) is 6. The Kier molecular flexibility index (Phi) is 42.4. The van der Waals surface area contributed by atoms with Gasteiger partial charge in [-0.3, -0.25) is 91.5 Å². The molecule has 3 aliphatic heterocycles. The highest BCUT2D eigenvalue weighted by molar-refractivity contribution is 5.96. The molecule has 3 fully saturated rings. The fourth-order valence-corrected chi connectivity index (χ4v) is 18.8. The van der Waals surface area contributed by atoms with Gasteiger partial charge in [0.15, 0.2) is 11.6 Å². The summed E-state index contributed by atoms with van der Waals surface area (Å²) in [5, 5.41) is 166. The van der Waals surface area contributed by atoms with Crippen LogP contribution in [-0.4, -0.2) is 391 Å². The molecule has 7 heterocycles. The van der Waals surface area contributed by atoms with Gasteiger partial charge in [-0.15, -0.1) is 10.2 Å². The van der Waals surface area contributed by atoms with E-state index in [1.54, 1.807) is 39.0 Å². The summed E-state index contributed by atoms with van der Waals surface area (Å²) in [6.45, 7) is 7.63. The van der Waals surface area contributed by atoms with Crippen LogP contribution in [0.1, 0.15) is 160 Å². The number of nitrogens with zero attached hydrogens (tertiary/aromatic N) is 14. The van der Waals surface area contributed by atoms with Crippen LogP contribution in [0.15, 0.2) is 85.2 Å². The van der Waals surface area contributed by atoms with E-state index in [1.165, 1.54) is 36.0 Å². The lowest BCUT2D eigenvalue weighted by Gasteiger charge is -2.35. The molecular formula is C100H134N20O30. The van der Waals surface area contributed by atoms with E-state index in [2.05, 4.69) is 61.4 Å². The molecule has 814 valence electrons. The number of aromatic hydroxyl groups is 6. The molecule has 8 amide bonds. The van der Waals surface area contributed by atoms with Gasteiger partial charge in [-0.05, 0) is 160 Å². The number of fused-ring (bicyclic) bond motifs is 2. The Morgan fingerprint density at radius 1 is 0.393 bits per heavy atom. The average molecular weight is 2100 g/mol. The van der Waals surface area contributed by atoms with Crippen molar-refractivity contribution < 1.29 is 148 Å². The van der Waals surface area contributed by atoms with Crippen molar-refractivity contribution in [2.45, 2.75) is 192 Å². The first-order chi connectivity index (χ1) is 71.5. The van der Waals surface area contributed by atoms with Gasteiger partial charge in [-0.2, -0.15) is 0 Å². The molecule has 0 bridgehead atoms. The molecule has 4 atom stereocenters. The number of hydrogen-bond acceptors (Lipinski definition) is 31. The first-order valence-electron chi connectivity index (χ1n) is 50.0. The Labute approximate surface area is 861 Å². The Morgan fingerprint density at radius 2 is 0.807 bits per heavy atom. The minimum absolute atomic E-state index is 0.00881. The summed E-state index contributed by atoms with van der Waals surface area (Å²) in [4.78, 5) is 205. The minimum Gasteiger partial charge on any atom is -0.508 e. The van der Waals surface area contributed by atoms with E-state index in [4.69, 9.17) is 9.47 Å². The molecule has 3 aliphatic rings. The van der Waals surface area contributed by atoms with E-state index in [0.717, 1.165) is 34.6 Å². The zero-order valence-corrected chi connectivity index (χ0v) is 84.1. The third-order valence-corrected chi connectivity index (χ3v) is 27.0. The second-order valence-electron chi connectivity index (χ2n) is 38.4. The Balaban J connectivity index is 0.671. The molecule has 0 spiro atoms. The van der Waals surface area contributed by atoms with Gasteiger partial charge in [0.2, 0.25) is 47.3 Å². The third kappa shape index (κ3) is 33.7. The molecule has 50 nitrogen and oxygen atoms in total. The number of ether oxygens (including phenoxy) is 2. The van der Waals surface area contributed by atoms with Crippen LogP contribution in [0.3, 0.4) is 0 Å². The summed E-state index contributed by atoms with van der Waals surface area (Å²) in [6.07, 6.45) is 2.26. The van der Waals surface area contributed by atoms with Crippen LogP contribution in [0, 0.1) is 11.8 Å². The van der Waals surface area contributed by atoms with E-state index in [9.17, 15) is 138 Å². The number of carbonyl (C=O) groups excluding carboxylic acids is 8. The predicted molar refractivity (Wildman–Crippen MR) is 535 cm³/mol. The predicted octanol–water partition coefficient (Wildman–Crippen LogP) is 3.21. The summed E-state index contributed by atoms with van der Waals surface area (Å²) in [6, 6.07) is 12.2. The van der Waals surface area contributed by atoms with Crippen molar-refractivity contribution in [2.24, 2.45) is 11.8 Å². The van der Waals surface area contributed by atoms with Gasteiger partial charge in [-0.25, -0.2) is 9.13 Å². The number of aliphatic carboxylic acids is 7. The lowest BCUT2D eigenvalue weighted by atomic mass is 9.92. The van der Waals surface area contributed by atoms with Gasteiger partial charge in [0.1, 0.15) is 53.8 Å². The summed E-state index contributed by atoms with van der Waals surface area (Å²) < 4.78 is 17.9. The van der Waals surface area contributed by atoms with Crippen molar-refractivity contribution in [3.05, 3.63) is 96.3 Å². The Bertz CT molecular complexity index is 5840. The molecule has 8 aromatic rings. The van der Waals surface area contributed by atoms with Crippen LogP contribution in [0.25, 0.3) is 56.0 Å². The van der Waals surface area contributed by atoms with Crippen LogP contribution >= 0.6 is 0 Å². The fraction of sp³-hybridized carbons (Fsp3) is 0.530. The molecule has 0 saturated carbocycles. The van der Waals surface area contributed by atoms with Crippen LogP contribution < -0.4 is 31.9 Å². The Morgan fingerprint density at radius 3 is 1.22 bits per heavy atom. The number of phenolic OH excluding ortho intramolecular Hbond substituents is 4. The molecule has 0 unspecified atom stereocenters. The maximum absolute atomic E-state index is 14.5. The zero-order chi connectivity index (χ0) is 109. The first kappa shape index (κ1) is 115. The molecule has 0 aliphatic carbocycles. The molecule has 0 radical (unpaired) electrons. The van der Waals surface area contributed by atoms with E-state index >= 15 is 0 Å². The molecule has 11 rings (SSSR count). The number of hydrogen-bond donors (Lipinski definition) is 19. The molecule has 3 saturated heterocycles. The molecule has 4 aromatic carbocycles. The van der Waals surface area contributed by atoms with E-state index in [-0.39, 0.29) is 192 Å². The minimum atomic E-state index is -1.83. The third-order valence-electron chi connectivity index (χ3n) is 27.0. The lowest BCUT2D eigenvalue weighted by Crippen LogP contribution is -2.57. The smallest absolute Gasteiger partial charge is 0.320 e. The monoisotopic (exact) mass is 2090 g/mol. The van der Waals surface area contributed by atoms with Gasteiger partial charge >= 0.3 is 53.8 Å². The number of phenols is 4. The zero-order valence-electron chi connectivity index (χ0n) is 84.1. The average Bonchev–Trinajstić information content (AvgIpc) is 1.61. The van der Waals surface area contributed by atoms with Crippen molar-refractivity contribution in [1.29, 1.82) is 0 Å². The standard InChI is InChI=1S/C100H134N20O30/c1-59(2)68-51-70(80(123)53-78(68)121)93-107-109-99(147)119(93)66-5-10-75-63(47-66)24-34-114(75)28-18-61-20-30-117(31-21-61)85(128)49-65(50-86(129)118-32-22-62(23-33-118)19-29-115-35-25-64-48-67(6-11-76(64)115)120-94(108-110-100(120)148)71-52-69(60(3)4)79(122)54-81(71)124)103-83(126)17-26-102-95(142)72(7-14-87(130)131)105-97(144)74(9-16-89(134)135)106-96(143)73(8-15-88(132)133)104-84(127)58-150-46-45-149-44-27-101-82(125)13-12-77(98(145)146)116-42-40-112(56-91(138)139)38-36-111(55-90(136)137)37-39-113(41-43-116)57-92(140)141/h5-6,10-11,24-25,34-35,47-48,51-54,59-62,65,72-74,77,121-124H,7-9,12-23,26-33,36-46,49-50,55-58H2,1-4H3,(H,101,125)(H,102,142)(H,103,126)(H,104,127)(H,105,144)(H,106,143)(H,109,147)(H,110,148)(H,130,131)(H,132,133)(H,134,135)(H,136,137)(H,138,139)(H,140,141)(H,145,146)/t72-,73-,74-,77-/m1/s1. The van der Waals surface area contributed by atoms with E-state index < -0.39 is 191 Å². The topological polar surface area (TPSA) is 700 Å². The van der Waals surface area contributed by atoms with Crippen LogP contribution in [-0.2, 0) is 94.5 Å². The number of amides is 8. The highest BCUT2D eigenvalue weighted by Gasteiger charge is 2.37. The molecule has 19 N–H and O–H groups in total. The van der Waals surface area contributed by atoms with Gasteiger partial charge in [0.05, 0.1) is 62.0 Å². The number of rotatable bonds is 54. The van der Waals surface area contributed by atoms with Crippen molar-refractivity contribution >= 4 is 111 Å². The summed E-state index contributed by atoms with van der Waals surface area (Å²) in [7, 11) is 0. The normalized spacial score (nSPS) is 15.4. The highest BCUT2D eigenvalue weighted by atomic mass is 16.5. The van der Waals surface area contributed by atoms with Crippen LogP contribution in [0.5, 0.6) is 35.0 Å². The SMILES string of the molecule is CC(C)c1cc(-c2nnc(O)n2-c2ccc3c(ccn3CCC3CCN(C(=O)CC(CC(=O)N4CCC(CCn5ccc6cc(-n7c(O)nnc7-c7cc(C(C)C)c(O)cc7O)ccc65)CC4)NC(=O)CCNC(=O)[C@@H](CCC(=O)O)NC(=O)[C@@H](CCC(=O)O)NC(=O)[C@@H](CCC(=O)O)NC(=O)COCCOCCNC(=O)CC[C@H](C(=O)O)N4CCN(CC(=O)O)CCN(CC(=O)O)CCN(CC(=O)O)CC4)CC3)c2)c(O)cc1O. The number of likely N-dealkylation sites (tertiary alicyclic amines) is 2. The number of benzene rings is 4. The number of piperidine rings is 2. The maximum atomic E-state index is 14.5. The van der Waals surface area contributed by atoms with Crippen LogP contribution in [0.4, 0.5) is 0 Å². The van der Waals surface area contributed by atoms with Gasteiger partial charge in [-0.1, -0.05) is 37.9 Å². The molecular weight excluding hydrogens is 1960 g/mol. The van der Waals surface area contributed by atoms with Crippen molar-refractivity contribution in [3.63, 3.8) is 0 Å². The summed E-state index contributed by atoms with van der Waals surface area (Å²) >= 11 is 0.